The Labute approximate surface area is 72.3 Å². The average Bonchev–Trinajstić information content (AvgIpc) is 2.21. The van der Waals surface area contributed by atoms with Crippen LogP contribution in [0.2, 0.25) is 0 Å². The van der Waals surface area contributed by atoms with E-state index in [0.29, 0.717) is 0 Å². The van der Waals surface area contributed by atoms with Gasteiger partial charge < -0.3 is 9.59 Å². The van der Waals surface area contributed by atoms with E-state index < -0.39 is 0 Å². The van der Waals surface area contributed by atoms with Crippen molar-refractivity contribution in [3.05, 3.63) is 0 Å². The fraction of sp³-hybridized carbons (Fsp3) is 0.800. The number of aldehydes is 2. The van der Waals surface area contributed by atoms with Gasteiger partial charge in [-0.1, -0.05) is 0 Å². The van der Waals surface area contributed by atoms with E-state index in [1.54, 1.807) is 0 Å². The molecule has 3 aliphatic carbocycles. The van der Waals surface area contributed by atoms with Crippen molar-refractivity contribution in [1.82, 2.24) is 0 Å². The molecule has 0 N–H and O–H groups in total. The quantitative estimate of drug-likeness (QED) is 0.585. The molecular formula is C10H14O2. The van der Waals surface area contributed by atoms with Gasteiger partial charge >= 0.3 is 0 Å². The minimum absolute atomic E-state index is 0.0369. The van der Waals surface area contributed by atoms with Crippen molar-refractivity contribution in [2.24, 2.45) is 10.8 Å². The lowest BCUT2D eigenvalue weighted by atomic mass is 9.55. The Morgan fingerprint density at radius 3 is 1.08 bits per heavy atom. The van der Waals surface area contributed by atoms with Crippen molar-refractivity contribution >= 4 is 12.6 Å². The zero-order chi connectivity index (χ0) is 8.66. The van der Waals surface area contributed by atoms with Gasteiger partial charge in [0.25, 0.3) is 0 Å². The van der Waals surface area contributed by atoms with Gasteiger partial charge in [-0.2, -0.15) is 0 Å². The van der Waals surface area contributed by atoms with Gasteiger partial charge in [0.05, 0.1) is 0 Å². The maximum Gasteiger partial charge on any atom is 0.126 e. The first-order valence-corrected chi connectivity index (χ1v) is 4.67. The Kier molecular flexibility index (Phi) is 1.60. The van der Waals surface area contributed by atoms with Crippen molar-refractivity contribution in [2.75, 3.05) is 0 Å². The predicted molar refractivity (Wildman–Crippen MR) is 44.7 cm³/mol. The lowest BCUT2D eigenvalue weighted by molar-refractivity contribution is -0.133. The first-order chi connectivity index (χ1) is 5.74. The number of fused-ring (bicyclic) bond motifs is 3. The molecule has 0 aromatic rings. The van der Waals surface area contributed by atoms with E-state index in [2.05, 4.69) is 0 Å². The summed E-state index contributed by atoms with van der Waals surface area (Å²) < 4.78 is 0. The summed E-state index contributed by atoms with van der Waals surface area (Å²) in [5, 5.41) is 0. The van der Waals surface area contributed by atoms with E-state index in [-0.39, 0.29) is 10.8 Å². The minimum Gasteiger partial charge on any atom is -0.303 e. The summed E-state index contributed by atoms with van der Waals surface area (Å²) in [5.41, 5.74) is -0.0739. The summed E-state index contributed by atoms with van der Waals surface area (Å²) in [6.45, 7) is 0. The molecule has 0 spiro atoms. The summed E-state index contributed by atoms with van der Waals surface area (Å²) in [4.78, 5) is 21.7. The molecule has 0 heterocycles. The smallest absolute Gasteiger partial charge is 0.126 e. The van der Waals surface area contributed by atoms with Crippen LogP contribution < -0.4 is 0 Å². The second kappa shape index (κ2) is 2.41. The Hall–Kier alpha value is -0.660. The Morgan fingerprint density at radius 2 is 0.917 bits per heavy atom. The molecule has 12 heavy (non-hydrogen) atoms. The molecule has 2 heteroatoms. The molecule has 3 aliphatic rings. The fourth-order valence-electron chi connectivity index (χ4n) is 2.60. The second-order valence-electron chi connectivity index (χ2n) is 4.46. The maximum absolute atomic E-state index is 10.8. The van der Waals surface area contributed by atoms with Crippen molar-refractivity contribution in [1.29, 1.82) is 0 Å². The van der Waals surface area contributed by atoms with Gasteiger partial charge in [-0.05, 0) is 38.5 Å². The van der Waals surface area contributed by atoms with Crippen LogP contribution in [0.1, 0.15) is 38.5 Å². The van der Waals surface area contributed by atoms with E-state index in [9.17, 15) is 9.59 Å². The number of carbonyl (C=O) groups excluding carboxylic acids is 2. The molecule has 0 radical (unpaired) electrons. The summed E-state index contributed by atoms with van der Waals surface area (Å²) in [7, 11) is 0. The molecule has 0 unspecified atom stereocenters. The van der Waals surface area contributed by atoms with Crippen molar-refractivity contribution < 1.29 is 9.59 Å². The monoisotopic (exact) mass is 166 g/mol. The number of hydrogen-bond donors (Lipinski definition) is 0. The van der Waals surface area contributed by atoms with Gasteiger partial charge in [0.1, 0.15) is 12.6 Å². The molecule has 0 atom stereocenters. The third kappa shape index (κ3) is 0.936. The highest BCUT2D eigenvalue weighted by atomic mass is 16.1. The highest BCUT2D eigenvalue weighted by Crippen LogP contribution is 2.54. The highest BCUT2D eigenvalue weighted by Gasteiger charge is 2.48. The normalized spacial score (nSPS) is 45.7. The molecule has 3 saturated carbocycles. The van der Waals surface area contributed by atoms with Crippen LogP contribution in [0.5, 0.6) is 0 Å². The van der Waals surface area contributed by atoms with Crippen LogP contribution in [0.15, 0.2) is 0 Å². The van der Waals surface area contributed by atoms with Crippen LogP contribution in [0, 0.1) is 10.8 Å². The van der Waals surface area contributed by atoms with Crippen LogP contribution in [-0.4, -0.2) is 12.6 Å². The third-order valence-corrected chi connectivity index (χ3v) is 3.86. The van der Waals surface area contributed by atoms with Gasteiger partial charge in [0.15, 0.2) is 0 Å². The minimum atomic E-state index is -0.0369. The predicted octanol–water partition coefficient (Wildman–Crippen LogP) is 1.72. The average molecular weight is 166 g/mol. The summed E-state index contributed by atoms with van der Waals surface area (Å²) >= 11 is 0. The Balaban J connectivity index is 2.19. The molecule has 0 saturated heterocycles. The lowest BCUT2D eigenvalue weighted by Crippen LogP contribution is -2.43. The molecule has 0 amide bonds. The van der Waals surface area contributed by atoms with E-state index in [1.807, 2.05) is 0 Å². The largest absolute Gasteiger partial charge is 0.303 e. The highest BCUT2D eigenvalue weighted by molar-refractivity contribution is 5.65. The molecule has 0 aliphatic heterocycles. The van der Waals surface area contributed by atoms with Crippen LogP contribution in [-0.2, 0) is 9.59 Å². The van der Waals surface area contributed by atoms with Gasteiger partial charge in [-0.25, -0.2) is 0 Å². The Bertz CT molecular complexity index is 171. The summed E-state index contributed by atoms with van der Waals surface area (Å²) in [6.07, 6.45) is 7.89. The van der Waals surface area contributed by atoms with E-state index in [4.69, 9.17) is 0 Å². The van der Waals surface area contributed by atoms with Gasteiger partial charge in [-0.3, -0.25) is 0 Å². The van der Waals surface area contributed by atoms with Gasteiger partial charge in [0, 0.05) is 10.8 Å². The first-order valence-electron chi connectivity index (χ1n) is 4.67. The molecule has 0 aromatic heterocycles. The SMILES string of the molecule is O=CC12CCC(C=O)(CC1)CC2. The van der Waals surface area contributed by atoms with E-state index in [0.717, 1.165) is 51.1 Å². The Morgan fingerprint density at radius 1 is 0.667 bits per heavy atom. The van der Waals surface area contributed by atoms with Crippen LogP contribution in [0.25, 0.3) is 0 Å². The van der Waals surface area contributed by atoms with Crippen LogP contribution in [0.3, 0.4) is 0 Å². The third-order valence-electron chi connectivity index (χ3n) is 3.86. The first kappa shape index (κ1) is 7.96. The fourth-order valence-corrected chi connectivity index (χ4v) is 2.60. The van der Waals surface area contributed by atoms with Gasteiger partial charge in [-0.15, -0.1) is 0 Å². The molecule has 2 nitrogen and oxygen atoms in total. The van der Waals surface area contributed by atoms with Crippen LogP contribution >= 0.6 is 0 Å². The molecule has 3 fully saturated rings. The standard InChI is InChI=1S/C10H14O2/c11-7-9-1-2-10(8-12,5-3-9)6-4-9/h7-8H,1-6H2. The molecule has 0 aromatic carbocycles. The summed E-state index contributed by atoms with van der Waals surface area (Å²) in [6, 6.07) is 0. The molecule has 3 rings (SSSR count). The second-order valence-corrected chi connectivity index (χ2v) is 4.46. The molecule has 2 bridgehead atoms. The maximum atomic E-state index is 10.8. The number of rotatable bonds is 2. The van der Waals surface area contributed by atoms with E-state index in [1.165, 1.54) is 0 Å². The van der Waals surface area contributed by atoms with Crippen molar-refractivity contribution in [3.8, 4) is 0 Å². The summed E-state index contributed by atoms with van der Waals surface area (Å²) in [5.74, 6) is 0. The number of hydrogen-bond acceptors (Lipinski definition) is 2. The van der Waals surface area contributed by atoms with Gasteiger partial charge in [0.2, 0.25) is 0 Å². The van der Waals surface area contributed by atoms with Crippen molar-refractivity contribution in [3.63, 3.8) is 0 Å². The zero-order valence-electron chi connectivity index (χ0n) is 7.21. The zero-order valence-corrected chi connectivity index (χ0v) is 7.21. The topological polar surface area (TPSA) is 34.1 Å². The van der Waals surface area contributed by atoms with Crippen molar-refractivity contribution in [2.45, 2.75) is 38.5 Å². The van der Waals surface area contributed by atoms with Crippen LogP contribution in [0.4, 0.5) is 0 Å². The number of carbonyl (C=O) groups is 2. The molecule has 66 valence electrons. The molecular weight excluding hydrogens is 152 g/mol. The lowest BCUT2D eigenvalue weighted by Gasteiger charge is -2.48. The van der Waals surface area contributed by atoms with E-state index >= 15 is 0 Å².